The molecule has 0 spiro atoms. The monoisotopic (exact) mass is 277 g/mol. The first-order chi connectivity index (χ1) is 8.79. The summed E-state index contributed by atoms with van der Waals surface area (Å²) < 4.78 is 49.8. The molecule has 2 atom stereocenters. The van der Waals surface area contributed by atoms with Gasteiger partial charge >= 0.3 is 12.1 Å². The smallest absolute Gasteiger partial charge is 0.388 e. The first-order valence-corrected chi connectivity index (χ1v) is 5.64. The summed E-state index contributed by atoms with van der Waals surface area (Å²) in [7, 11) is 0. The van der Waals surface area contributed by atoms with E-state index in [9.17, 15) is 27.5 Å². The summed E-state index contributed by atoms with van der Waals surface area (Å²) in [5, 5.41) is 11.5. The Morgan fingerprint density at radius 3 is 2.58 bits per heavy atom. The minimum atomic E-state index is -4.98. The van der Waals surface area contributed by atoms with Crippen molar-refractivity contribution in [3.05, 3.63) is 35.1 Å². The molecule has 1 aliphatic carbocycles. The summed E-state index contributed by atoms with van der Waals surface area (Å²) in [5.74, 6) is -2.69. The van der Waals surface area contributed by atoms with Gasteiger partial charge in [0.2, 0.25) is 0 Å². The summed E-state index contributed by atoms with van der Waals surface area (Å²) in [4.78, 5) is 10.9. The number of carbonyl (C=O) groups is 1. The standard InChI is InChI=1S/C12H11F4NO2/c13-6-1-2-7-8(5-6)9(3-4-10(7)18)17-11(19)12(14,15)16/h1-2,5,9-10,18H,3-4H2,(H,17,19)/t9-,10+/m0/s1. The molecule has 1 amide bonds. The van der Waals surface area contributed by atoms with Crippen LogP contribution in [0.1, 0.15) is 36.1 Å². The molecular formula is C12H11F4NO2. The van der Waals surface area contributed by atoms with E-state index in [0.717, 1.165) is 12.1 Å². The van der Waals surface area contributed by atoms with Crippen LogP contribution < -0.4 is 5.32 Å². The Morgan fingerprint density at radius 2 is 1.95 bits per heavy atom. The quantitative estimate of drug-likeness (QED) is 0.774. The van der Waals surface area contributed by atoms with Gasteiger partial charge in [0.25, 0.3) is 0 Å². The van der Waals surface area contributed by atoms with Gasteiger partial charge in [-0.25, -0.2) is 4.39 Å². The summed E-state index contributed by atoms with van der Waals surface area (Å²) in [5.41, 5.74) is 0.538. The third-order valence-corrected chi connectivity index (χ3v) is 3.07. The minimum Gasteiger partial charge on any atom is -0.388 e. The van der Waals surface area contributed by atoms with E-state index in [-0.39, 0.29) is 18.4 Å². The number of benzene rings is 1. The molecule has 2 N–H and O–H groups in total. The molecule has 0 radical (unpaired) electrons. The molecule has 0 aliphatic heterocycles. The molecule has 1 aromatic carbocycles. The molecule has 19 heavy (non-hydrogen) atoms. The molecule has 0 heterocycles. The van der Waals surface area contributed by atoms with Gasteiger partial charge in [0, 0.05) is 0 Å². The fourth-order valence-electron chi connectivity index (χ4n) is 2.18. The van der Waals surface area contributed by atoms with E-state index in [4.69, 9.17) is 0 Å². The van der Waals surface area contributed by atoms with Gasteiger partial charge in [-0.1, -0.05) is 6.07 Å². The van der Waals surface area contributed by atoms with Gasteiger partial charge in [-0.2, -0.15) is 13.2 Å². The normalized spacial score (nSPS) is 22.8. The molecule has 0 fully saturated rings. The lowest BCUT2D eigenvalue weighted by Gasteiger charge is -2.29. The van der Waals surface area contributed by atoms with Crippen molar-refractivity contribution in [3.8, 4) is 0 Å². The summed E-state index contributed by atoms with van der Waals surface area (Å²) in [6.07, 6.45) is -5.50. The van der Waals surface area contributed by atoms with Crippen LogP contribution in [0.3, 0.4) is 0 Å². The number of hydrogen-bond acceptors (Lipinski definition) is 2. The zero-order chi connectivity index (χ0) is 14.2. The van der Waals surface area contributed by atoms with Crippen LogP contribution >= 0.6 is 0 Å². The van der Waals surface area contributed by atoms with Gasteiger partial charge in [-0.15, -0.1) is 0 Å². The second kappa shape index (κ2) is 4.80. The number of nitrogens with one attached hydrogen (secondary N) is 1. The molecule has 104 valence electrons. The van der Waals surface area contributed by atoms with E-state index < -0.39 is 30.0 Å². The molecule has 7 heteroatoms. The second-order valence-electron chi connectivity index (χ2n) is 4.39. The van der Waals surface area contributed by atoms with E-state index in [1.165, 1.54) is 6.07 Å². The van der Waals surface area contributed by atoms with Crippen LogP contribution in [0.5, 0.6) is 0 Å². The van der Waals surface area contributed by atoms with Gasteiger partial charge in [0.1, 0.15) is 5.82 Å². The predicted molar refractivity (Wildman–Crippen MR) is 57.5 cm³/mol. The van der Waals surface area contributed by atoms with Crippen molar-refractivity contribution in [2.75, 3.05) is 0 Å². The van der Waals surface area contributed by atoms with Crippen LogP contribution in [0.25, 0.3) is 0 Å². The molecule has 1 aliphatic rings. The fraction of sp³-hybridized carbons (Fsp3) is 0.417. The van der Waals surface area contributed by atoms with Gasteiger partial charge in [-0.3, -0.25) is 4.79 Å². The maximum Gasteiger partial charge on any atom is 0.471 e. The maximum atomic E-state index is 13.1. The summed E-state index contributed by atoms with van der Waals surface area (Å²) in [6.45, 7) is 0. The lowest BCUT2D eigenvalue weighted by atomic mass is 9.85. The van der Waals surface area contributed by atoms with Crippen molar-refractivity contribution in [2.45, 2.75) is 31.2 Å². The number of halogens is 4. The summed E-state index contributed by atoms with van der Waals surface area (Å²) >= 11 is 0. The molecule has 0 bridgehead atoms. The lowest BCUT2D eigenvalue weighted by Crippen LogP contribution is -2.40. The molecule has 0 saturated carbocycles. The zero-order valence-electron chi connectivity index (χ0n) is 9.67. The van der Waals surface area contributed by atoms with Crippen LogP contribution in [-0.2, 0) is 4.79 Å². The van der Waals surface area contributed by atoms with Crippen LogP contribution in [-0.4, -0.2) is 17.2 Å². The van der Waals surface area contributed by atoms with Crippen LogP contribution in [0.15, 0.2) is 18.2 Å². The van der Waals surface area contributed by atoms with Gasteiger partial charge in [0.05, 0.1) is 12.1 Å². The number of hydrogen-bond donors (Lipinski definition) is 2. The summed E-state index contributed by atoms with van der Waals surface area (Å²) in [6, 6.07) is 2.54. The molecule has 0 aromatic heterocycles. The maximum absolute atomic E-state index is 13.1. The third kappa shape index (κ3) is 2.86. The van der Waals surface area contributed by atoms with Gasteiger partial charge < -0.3 is 10.4 Å². The topological polar surface area (TPSA) is 49.3 Å². The first kappa shape index (κ1) is 13.8. The zero-order valence-corrected chi connectivity index (χ0v) is 9.67. The van der Waals surface area contributed by atoms with E-state index in [1.54, 1.807) is 0 Å². The van der Waals surface area contributed by atoms with E-state index in [2.05, 4.69) is 0 Å². The van der Waals surface area contributed by atoms with Gasteiger partial charge in [0.15, 0.2) is 0 Å². The lowest BCUT2D eigenvalue weighted by molar-refractivity contribution is -0.174. The Balaban J connectivity index is 2.28. The van der Waals surface area contributed by atoms with Crippen LogP contribution in [0.2, 0.25) is 0 Å². The van der Waals surface area contributed by atoms with E-state index in [0.29, 0.717) is 5.56 Å². The van der Waals surface area contributed by atoms with Crippen molar-refractivity contribution >= 4 is 5.91 Å². The Kier molecular flexibility index (Phi) is 3.49. The van der Waals surface area contributed by atoms with E-state index >= 15 is 0 Å². The van der Waals surface area contributed by atoms with E-state index in [1.807, 2.05) is 5.32 Å². The van der Waals surface area contributed by atoms with Crippen molar-refractivity contribution in [1.82, 2.24) is 5.32 Å². The van der Waals surface area contributed by atoms with Crippen molar-refractivity contribution in [2.24, 2.45) is 0 Å². The van der Waals surface area contributed by atoms with Crippen LogP contribution in [0, 0.1) is 5.82 Å². The molecule has 0 saturated heterocycles. The highest BCUT2D eigenvalue weighted by molar-refractivity contribution is 5.82. The highest BCUT2D eigenvalue weighted by Crippen LogP contribution is 2.36. The number of amides is 1. The number of carbonyl (C=O) groups excluding carboxylic acids is 1. The highest BCUT2D eigenvalue weighted by Gasteiger charge is 2.41. The predicted octanol–water partition coefficient (Wildman–Crippen LogP) is 2.37. The number of alkyl halides is 3. The molecule has 1 aromatic rings. The SMILES string of the molecule is O=C(N[C@H]1CC[C@@H](O)c2ccc(F)cc21)C(F)(F)F. The minimum absolute atomic E-state index is 0.124. The molecule has 2 rings (SSSR count). The second-order valence-corrected chi connectivity index (χ2v) is 4.39. The molecule has 3 nitrogen and oxygen atoms in total. The number of rotatable bonds is 1. The Hall–Kier alpha value is -1.63. The average Bonchev–Trinajstić information content (AvgIpc) is 2.31. The average molecular weight is 277 g/mol. The molecular weight excluding hydrogens is 266 g/mol. The Labute approximate surface area is 106 Å². The van der Waals surface area contributed by atoms with Gasteiger partial charge in [-0.05, 0) is 36.1 Å². The van der Waals surface area contributed by atoms with Crippen molar-refractivity contribution in [1.29, 1.82) is 0 Å². The van der Waals surface area contributed by atoms with Crippen molar-refractivity contribution < 1.29 is 27.5 Å². The third-order valence-electron chi connectivity index (χ3n) is 3.07. The number of aliphatic hydroxyl groups excluding tert-OH is 1. The largest absolute Gasteiger partial charge is 0.471 e. The number of aliphatic hydroxyl groups is 1. The highest BCUT2D eigenvalue weighted by atomic mass is 19.4. The Morgan fingerprint density at radius 1 is 1.26 bits per heavy atom. The van der Waals surface area contributed by atoms with Crippen molar-refractivity contribution in [3.63, 3.8) is 0 Å². The Bertz CT molecular complexity index is 501. The first-order valence-electron chi connectivity index (χ1n) is 5.64. The fourth-order valence-corrected chi connectivity index (χ4v) is 2.18. The number of fused-ring (bicyclic) bond motifs is 1. The van der Waals surface area contributed by atoms with Crippen LogP contribution in [0.4, 0.5) is 17.6 Å². The molecule has 0 unspecified atom stereocenters.